The molecule has 7 heteroatoms. The largest absolute Gasteiger partial charge is 0.494 e. The van der Waals surface area contributed by atoms with Gasteiger partial charge in [-0.1, -0.05) is 30.3 Å². The van der Waals surface area contributed by atoms with Gasteiger partial charge in [-0.15, -0.1) is 0 Å². The van der Waals surface area contributed by atoms with Crippen molar-refractivity contribution in [2.75, 3.05) is 32.6 Å². The molecule has 2 aromatic rings. The monoisotopic (exact) mass is 431 g/mol. The number of benzene rings is 2. The van der Waals surface area contributed by atoms with Crippen molar-refractivity contribution in [3.8, 4) is 5.75 Å². The molecule has 3 rings (SSSR count). The first-order valence-electron chi connectivity index (χ1n) is 10.2. The third-order valence-electron chi connectivity index (χ3n) is 5.53. The molecule has 0 unspecified atom stereocenters. The Labute approximate surface area is 178 Å². The Morgan fingerprint density at radius 1 is 1.07 bits per heavy atom. The molecule has 1 aliphatic heterocycles. The van der Waals surface area contributed by atoms with Gasteiger partial charge in [0.05, 0.1) is 11.5 Å². The fraction of sp³-hybridized carbons (Fsp3) is 0.435. The molecule has 30 heavy (non-hydrogen) atoms. The normalized spacial score (nSPS) is 16.0. The molecule has 1 amide bonds. The molecule has 162 valence electrons. The summed E-state index contributed by atoms with van der Waals surface area (Å²) in [4.78, 5) is 12.6. The van der Waals surface area contributed by atoms with Crippen molar-refractivity contribution in [3.63, 3.8) is 0 Å². The molecule has 2 aromatic carbocycles. The van der Waals surface area contributed by atoms with Gasteiger partial charge in [0.2, 0.25) is 5.91 Å². The Morgan fingerprint density at radius 3 is 2.37 bits per heavy atom. The van der Waals surface area contributed by atoms with Gasteiger partial charge in [-0.2, -0.15) is 0 Å². The molecule has 0 spiro atoms. The number of rotatable bonds is 9. The van der Waals surface area contributed by atoms with E-state index in [1.165, 1.54) is 24.0 Å². The van der Waals surface area contributed by atoms with E-state index in [1.807, 2.05) is 18.2 Å². The van der Waals surface area contributed by atoms with Crippen molar-refractivity contribution in [2.24, 2.45) is 0 Å². The summed E-state index contributed by atoms with van der Waals surface area (Å²) in [5, 5.41) is 3.10. The number of sulfone groups is 1. The number of hydrogen-bond donors (Lipinski definition) is 1. The second-order valence-electron chi connectivity index (χ2n) is 7.73. The van der Waals surface area contributed by atoms with E-state index in [4.69, 9.17) is 9.47 Å². The summed E-state index contributed by atoms with van der Waals surface area (Å²) in [7, 11) is -3.21. The fourth-order valence-electron chi connectivity index (χ4n) is 3.68. The van der Waals surface area contributed by atoms with Gasteiger partial charge < -0.3 is 14.8 Å². The summed E-state index contributed by atoms with van der Waals surface area (Å²) in [6, 6.07) is 16.6. The Morgan fingerprint density at radius 2 is 1.73 bits per heavy atom. The molecule has 1 N–H and O–H groups in total. The van der Waals surface area contributed by atoms with Crippen LogP contribution in [-0.2, 0) is 24.8 Å². The number of amides is 1. The first-order chi connectivity index (χ1) is 14.4. The average molecular weight is 432 g/mol. The van der Waals surface area contributed by atoms with Crippen LogP contribution in [0.25, 0.3) is 0 Å². The van der Waals surface area contributed by atoms with Crippen LogP contribution in [0.1, 0.15) is 31.2 Å². The average Bonchev–Trinajstić information content (AvgIpc) is 2.76. The van der Waals surface area contributed by atoms with Crippen LogP contribution >= 0.6 is 0 Å². The Hall–Kier alpha value is -2.38. The van der Waals surface area contributed by atoms with Gasteiger partial charge in [0.1, 0.15) is 5.75 Å². The van der Waals surface area contributed by atoms with Crippen LogP contribution < -0.4 is 10.1 Å². The molecule has 0 aromatic heterocycles. The van der Waals surface area contributed by atoms with E-state index in [1.54, 1.807) is 12.1 Å². The van der Waals surface area contributed by atoms with Gasteiger partial charge in [0, 0.05) is 37.9 Å². The number of carbonyl (C=O) groups is 1. The summed E-state index contributed by atoms with van der Waals surface area (Å²) >= 11 is 0. The predicted molar refractivity (Wildman–Crippen MR) is 115 cm³/mol. The molecule has 6 nitrogen and oxygen atoms in total. The second-order valence-corrected chi connectivity index (χ2v) is 9.75. The van der Waals surface area contributed by atoms with Crippen molar-refractivity contribution in [1.82, 2.24) is 5.32 Å². The first-order valence-corrected chi connectivity index (χ1v) is 12.1. The number of nitrogens with one attached hydrogen (secondary N) is 1. The molecule has 0 bridgehead atoms. The Kier molecular flexibility index (Phi) is 7.50. The van der Waals surface area contributed by atoms with Gasteiger partial charge in [-0.3, -0.25) is 4.79 Å². The smallest absolute Gasteiger partial charge is 0.220 e. The van der Waals surface area contributed by atoms with Gasteiger partial charge >= 0.3 is 0 Å². The maximum Gasteiger partial charge on any atom is 0.220 e. The highest BCUT2D eigenvalue weighted by atomic mass is 32.2. The third-order valence-corrected chi connectivity index (χ3v) is 6.66. The molecule has 0 saturated carbocycles. The fourth-order valence-corrected chi connectivity index (χ4v) is 4.31. The van der Waals surface area contributed by atoms with E-state index in [0.29, 0.717) is 45.0 Å². The molecular weight excluding hydrogens is 402 g/mol. The Bertz CT molecular complexity index is 920. The second kappa shape index (κ2) is 10.1. The van der Waals surface area contributed by atoms with Crippen molar-refractivity contribution in [2.45, 2.75) is 36.0 Å². The van der Waals surface area contributed by atoms with E-state index in [2.05, 4.69) is 17.4 Å². The standard InChI is InChI=1S/C23H29NO5S/c1-30(26,27)21-11-9-20(10-12-21)29-15-5-8-22(25)24-18-23(13-16-28-17-14-23)19-6-3-2-4-7-19/h2-4,6-7,9-12H,5,8,13-18H2,1H3,(H,24,25). The summed E-state index contributed by atoms with van der Waals surface area (Å²) in [5.74, 6) is 0.598. The van der Waals surface area contributed by atoms with E-state index < -0.39 is 9.84 Å². The molecular formula is C23H29NO5S. The lowest BCUT2D eigenvalue weighted by Crippen LogP contribution is -2.44. The lowest BCUT2D eigenvalue weighted by atomic mass is 9.74. The Balaban J connectivity index is 1.44. The quantitative estimate of drug-likeness (QED) is 0.617. The van der Waals surface area contributed by atoms with Gasteiger partial charge in [-0.05, 0) is 49.1 Å². The first kappa shape index (κ1) is 22.3. The molecule has 1 heterocycles. The SMILES string of the molecule is CS(=O)(=O)c1ccc(OCCCC(=O)NCC2(c3ccccc3)CCOCC2)cc1. The van der Waals surface area contributed by atoms with Crippen LogP contribution in [0.5, 0.6) is 5.75 Å². The summed E-state index contributed by atoms with van der Waals surface area (Å²) in [6.07, 6.45) is 3.92. The number of carbonyl (C=O) groups excluding carboxylic acids is 1. The summed E-state index contributed by atoms with van der Waals surface area (Å²) in [6.45, 7) is 2.41. The van der Waals surface area contributed by atoms with E-state index in [0.717, 1.165) is 12.8 Å². The molecule has 1 aliphatic rings. The van der Waals surface area contributed by atoms with Crippen LogP contribution in [0.2, 0.25) is 0 Å². The number of ether oxygens (including phenoxy) is 2. The third kappa shape index (κ3) is 6.06. The zero-order valence-corrected chi connectivity index (χ0v) is 18.1. The van der Waals surface area contributed by atoms with Crippen molar-refractivity contribution >= 4 is 15.7 Å². The van der Waals surface area contributed by atoms with Crippen LogP contribution in [0.15, 0.2) is 59.5 Å². The molecule has 1 saturated heterocycles. The van der Waals surface area contributed by atoms with E-state index in [9.17, 15) is 13.2 Å². The van der Waals surface area contributed by atoms with Crippen LogP contribution in [0.3, 0.4) is 0 Å². The maximum absolute atomic E-state index is 12.4. The molecule has 0 radical (unpaired) electrons. The van der Waals surface area contributed by atoms with E-state index in [-0.39, 0.29) is 16.2 Å². The number of hydrogen-bond acceptors (Lipinski definition) is 5. The maximum atomic E-state index is 12.4. The van der Waals surface area contributed by atoms with Gasteiger partial charge in [0.25, 0.3) is 0 Å². The molecule has 0 atom stereocenters. The zero-order chi connectivity index (χ0) is 21.5. The highest BCUT2D eigenvalue weighted by Gasteiger charge is 2.34. The van der Waals surface area contributed by atoms with Crippen LogP contribution in [0.4, 0.5) is 0 Å². The van der Waals surface area contributed by atoms with Crippen molar-refractivity contribution in [3.05, 3.63) is 60.2 Å². The topological polar surface area (TPSA) is 81.7 Å². The summed E-state index contributed by atoms with van der Waals surface area (Å²) < 4.78 is 34.1. The summed E-state index contributed by atoms with van der Waals surface area (Å²) in [5.41, 5.74) is 1.17. The van der Waals surface area contributed by atoms with Crippen LogP contribution in [0, 0.1) is 0 Å². The molecule has 0 aliphatic carbocycles. The zero-order valence-electron chi connectivity index (χ0n) is 17.3. The molecule has 1 fully saturated rings. The van der Waals surface area contributed by atoms with Gasteiger partial charge in [0.15, 0.2) is 9.84 Å². The lowest BCUT2D eigenvalue weighted by Gasteiger charge is -2.38. The minimum Gasteiger partial charge on any atom is -0.494 e. The van der Waals surface area contributed by atoms with Crippen molar-refractivity contribution < 1.29 is 22.7 Å². The van der Waals surface area contributed by atoms with Gasteiger partial charge in [-0.25, -0.2) is 8.42 Å². The lowest BCUT2D eigenvalue weighted by molar-refractivity contribution is -0.121. The minimum absolute atomic E-state index is 0.00724. The predicted octanol–water partition coefficient (Wildman–Crippen LogP) is 3.11. The minimum atomic E-state index is -3.21. The highest BCUT2D eigenvalue weighted by molar-refractivity contribution is 7.90. The van der Waals surface area contributed by atoms with Crippen molar-refractivity contribution in [1.29, 1.82) is 0 Å². The van der Waals surface area contributed by atoms with Crippen LogP contribution in [-0.4, -0.2) is 46.9 Å². The highest BCUT2D eigenvalue weighted by Crippen LogP contribution is 2.34. The van der Waals surface area contributed by atoms with E-state index >= 15 is 0 Å².